The number of rotatable bonds is 12. The molecule has 1 heterocycles. The summed E-state index contributed by atoms with van der Waals surface area (Å²) in [6, 6.07) is 19.3. The molecular formula is C31H29F2IN4O4S. The van der Waals surface area contributed by atoms with Gasteiger partial charge in [0.15, 0.2) is 11.6 Å². The van der Waals surface area contributed by atoms with Crippen molar-refractivity contribution >= 4 is 49.9 Å². The topological polar surface area (TPSA) is 109 Å². The molecule has 224 valence electrons. The zero-order chi connectivity index (χ0) is 30.6. The fourth-order valence-electron chi connectivity index (χ4n) is 4.46. The molecule has 3 aromatic carbocycles. The maximum atomic E-state index is 15.8. The zero-order valence-corrected chi connectivity index (χ0v) is 26.1. The molecule has 8 nitrogen and oxygen atoms in total. The Morgan fingerprint density at radius 1 is 1.05 bits per heavy atom. The van der Waals surface area contributed by atoms with Gasteiger partial charge in [-0.25, -0.2) is 27.4 Å². The summed E-state index contributed by atoms with van der Waals surface area (Å²) in [4.78, 5) is 21.8. The number of halogens is 3. The molecule has 0 radical (unpaired) electrons. The van der Waals surface area contributed by atoms with Gasteiger partial charge in [0.2, 0.25) is 10.0 Å². The molecule has 0 aliphatic heterocycles. The number of pyridine rings is 1. The molecule has 1 aromatic heterocycles. The van der Waals surface area contributed by atoms with Gasteiger partial charge in [0.1, 0.15) is 4.90 Å². The molecule has 0 bridgehead atoms. The van der Waals surface area contributed by atoms with Gasteiger partial charge in [-0.3, -0.25) is 14.6 Å². The number of benzene rings is 3. The van der Waals surface area contributed by atoms with Crippen molar-refractivity contribution < 1.29 is 26.8 Å². The van der Waals surface area contributed by atoms with Gasteiger partial charge in [0.05, 0.1) is 29.6 Å². The van der Waals surface area contributed by atoms with Gasteiger partial charge in [-0.15, -0.1) is 0 Å². The summed E-state index contributed by atoms with van der Waals surface area (Å²) in [6.07, 6.45) is 3.64. The number of hydrogen-bond acceptors (Lipinski definition) is 6. The van der Waals surface area contributed by atoms with Crippen molar-refractivity contribution in [3.05, 3.63) is 117 Å². The van der Waals surface area contributed by atoms with Crippen LogP contribution < -0.4 is 15.5 Å². The summed E-state index contributed by atoms with van der Waals surface area (Å²) >= 11 is 2.12. The fourth-order valence-corrected chi connectivity index (χ4v) is 6.41. The Morgan fingerprint density at radius 2 is 1.79 bits per heavy atom. The molecule has 1 aliphatic rings. The number of aromatic nitrogens is 1. The summed E-state index contributed by atoms with van der Waals surface area (Å²) in [6.45, 7) is 2.02. The second-order valence-corrected chi connectivity index (χ2v) is 13.2. The number of sulfonamides is 1. The summed E-state index contributed by atoms with van der Waals surface area (Å²) in [5.41, 5.74) is 3.60. The minimum absolute atomic E-state index is 0.190. The minimum Gasteiger partial charge on any atom is -0.352 e. The average molecular weight is 719 g/mol. The van der Waals surface area contributed by atoms with Crippen LogP contribution in [0.4, 0.5) is 20.2 Å². The quantitative estimate of drug-likeness (QED) is 0.116. The highest BCUT2D eigenvalue weighted by molar-refractivity contribution is 14.1. The summed E-state index contributed by atoms with van der Waals surface area (Å²) in [7, 11) is -4.72. The fraction of sp³-hybridized carbons (Fsp3) is 0.226. The molecule has 43 heavy (non-hydrogen) atoms. The van der Waals surface area contributed by atoms with Crippen molar-refractivity contribution in [1.29, 1.82) is 0 Å². The van der Waals surface area contributed by atoms with Crippen molar-refractivity contribution in [3.63, 3.8) is 0 Å². The van der Waals surface area contributed by atoms with E-state index in [1.807, 2.05) is 36.4 Å². The number of hydroxylamine groups is 1. The van der Waals surface area contributed by atoms with Crippen molar-refractivity contribution in [2.45, 2.75) is 37.1 Å². The van der Waals surface area contributed by atoms with E-state index in [0.29, 0.717) is 22.9 Å². The Morgan fingerprint density at radius 3 is 2.47 bits per heavy atom. The Kier molecular flexibility index (Phi) is 9.69. The van der Waals surface area contributed by atoms with E-state index in [4.69, 9.17) is 4.84 Å². The van der Waals surface area contributed by atoms with Crippen molar-refractivity contribution in [3.8, 4) is 0 Å². The lowest BCUT2D eigenvalue weighted by Crippen LogP contribution is -2.32. The van der Waals surface area contributed by atoms with Crippen LogP contribution >= 0.6 is 22.6 Å². The number of carbonyl (C=O) groups is 1. The molecule has 1 unspecified atom stereocenters. The number of nitrogens with zero attached hydrogens (tertiary/aromatic N) is 1. The van der Waals surface area contributed by atoms with Crippen LogP contribution in [-0.4, -0.2) is 25.9 Å². The third-order valence-electron chi connectivity index (χ3n) is 6.96. The smallest absolute Gasteiger partial charge is 0.277 e. The standard InChI is InChI=1S/C31H29F2IN4O4S/c1-19-15-22(34)12-13-24(19)36-30-23(31(39)37-42-18-21-10-11-21)17-27(28(32)29(30)33)43(40,41)38-26(25-9-5-6-14-35-25)16-20-7-3-2-4-8-20/h2-9,12-15,17,21,26,36,38H,10-11,16,18H2,1H3,(H,37,39). The minimum atomic E-state index is -4.72. The number of carbonyl (C=O) groups excluding carboxylic acids is 1. The first kappa shape index (κ1) is 31.0. The third-order valence-corrected chi connectivity index (χ3v) is 9.10. The maximum absolute atomic E-state index is 15.8. The van der Waals surface area contributed by atoms with Crippen LogP contribution in [0.15, 0.2) is 83.9 Å². The molecule has 4 aromatic rings. The van der Waals surface area contributed by atoms with E-state index in [-0.39, 0.29) is 13.0 Å². The monoisotopic (exact) mass is 718 g/mol. The van der Waals surface area contributed by atoms with E-state index in [2.05, 4.69) is 43.1 Å². The lowest BCUT2D eigenvalue weighted by Gasteiger charge is -2.21. The van der Waals surface area contributed by atoms with Gasteiger partial charge < -0.3 is 5.32 Å². The SMILES string of the molecule is Cc1cc(I)ccc1Nc1c(C(=O)NOCC2CC2)cc(S(=O)(=O)NC(Cc2ccccc2)c2ccccn2)c(F)c1F. The van der Waals surface area contributed by atoms with E-state index in [9.17, 15) is 13.2 Å². The van der Waals surface area contributed by atoms with Gasteiger partial charge in [-0.1, -0.05) is 36.4 Å². The Hall–Kier alpha value is -3.46. The van der Waals surface area contributed by atoms with Crippen LogP contribution in [0.5, 0.6) is 0 Å². The first-order chi connectivity index (χ1) is 20.6. The molecular weight excluding hydrogens is 689 g/mol. The van der Waals surface area contributed by atoms with Gasteiger partial charge in [0, 0.05) is 15.5 Å². The molecule has 12 heteroatoms. The van der Waals surface area contributed by atoms with E-state index in [1.165, 1.54) is 6.20 Å². The first-order valence-electron chi connectivity index (χ1n) is 13.6. The highest BCUT2D eigenvalue weighted by Crippen LogP contribution is 2.33. The first-order valence-corrected chi connectivity index (χ1v) is 16.1. The maximum Gasteiger partial charge on any atom is 0.277 e. The number of aryl methyl sites for hydroxylation is 1. The van der Waals surface area contributed by atoms with Crippen LogP contribution in [-0.2, 0) is 21.3 Å². The van der Waals surface area contributed by atoms with Crippen LogP contribution in [0.25, 0.3) is 0 Å². The zero-order valence-electron chi connectivity index (χ0n) is 23.1. The molecule has 1 saturated carbocycles. The number of amides is 1. The molecule has 0 saturated heterocycles. The van der Waals surface area contributed by atoms with Gasteiger partial charge in [-0.05, 0) is 102 Å². The van der Waals surface area contributed by atoms with E-state index in [1.54, 1.807) is 37.3 Å². The third kappa shape index (κ3) is 7.74. The van der Waals surface area contributed by atoms with E-state index in [0.717, 1.165) is 28.0 Å². The van der Waals surface area contributed by atoms with E-state index < -0.39 is 49.8 Å². The predicted molar refractivity (Wildman–Crippen MR) is 167 cm³/mol. The van der Waals surface area contributed by atoms with Crippen molar-refractivity contribution in [1.82, 2.24) is 15.2 Å². The van der Waals surface area contributed by atoms with Gasteiger partial charge >= 0.3 is 0 Å². The number of nitrogens with one attached hydrogen (secondary N) is 3. The molecule has 1 aliphatic carbocycles. The van der Waals surface area contributed by atoms with E-state index >= 15 is 8.78 Å². The highest BCUT2D eigenvalue weighted by atomic mass is 127. The average Bonchev–Trinajstić information content (AvgIpc) is 3.81. The van der Waals surface area contributed by atoms with Crippen LogP contribution in [0.3, 0.4) is 0 Å². The Labute approximate surface area is 262 Å². The number of hydrogen-bond donors (Lipinski definition) is 3. The highest BCUT2D eigenvalue weighted by Gasteiger charge is 2.32. The predicted octanol–water partition coefficient (Wildman–Crippen LogP) is 6.35. The van der Waals surface area contributed by atoms with Gasteiger partial charge in [-0.2, -0.15) is 0 Å². The van der Waals surface area contributed by atoms with Crippen LogP contribution in [0, 0.1) is 28.0 Å². The summed E-state index contributed by atoms with van der Waals surface area (Å²) < 4.78 is 62.3. The second-order valence-electron chi connectivity index (χ2n) is 10.3. The largest absolute Gasteiger partial charge is 0.352 e. The molecule has 3 N–H and O–H groups in total. The summed E-state index contributed by atoms with van der Waals surface area (Å²) in [5, 5.41) is 2.79. The second kappa shape index (κ2) is 13.5. The lowest BCUT2D eigenvalue weighted by atomic mass is 10.0. The summed E-state index contributed by atoms with van der Waals surface area (Å²) in [5.74, 6) is -3.77. The van der Waals surface area contributed by atoms with Crippen molar-refractivity contribution in [2.75, 3.05) is 11.9 Å². The Balaban J connectivity index is 1.53. The van der Waals surface area contributed by atoms with Crippen LogP contribution in [0.2, 0.25) is 0 Å². The lowest BCUT2D eigenvalue weighted by molar-refractivity contribution is 0.0270. The molecule has 1 atom stereocenters. The van der Waals surface area contributed by atoms with Crippen molar-refractivity contribution in [2.24, 2.45) is 5.92 Å². The molecule has 1 amide bonds. The number of anilines is 2. The molecule has 0 spiro atoms. The molecule has 1 fully saturated rings. The van der Waals surface area contributed by atoms with Crippen LogP contribution in [0.1, 0.15) is 46.1 Å². The normalized spacial score (nSPS) is 13.9. The Bertz CT molecular complexity index is 1720. The molecule has 5 rings (SSSR count). The van der Waals surface area contributed by atoms with Gasteiger partial charge in [0.25, 0.3) is 5.91 Å².